The Balaban J connectivity index is 0.00000312. The largest absolute Gasteiger partial charge is 0.496 e. The number of hydrogen-bond donors (Lipinski definition) is 2. The number of amides is 1. The molecule has 0 radical (unpaired) electrons. The molecule has 2 N–H and O–H groups in total. The first-order valence-electron chi connectivity index (χ1n) is 8.09. The van der Waals surface area contributed by atoms with Crippen LogP contribution < -0.4 is 24.8 Å². The lowest BCUT2D eigenvalue weighted by Crippen LogP contribution is -2.52. The van der Waals surface area contributed by atoms with Crippen LogP contribution in [0.4, 0.5) is 0 Å². The average molecular weight is 374 g/mol. The maximum absolute atomic E-state index is 12.3. The van der Waals surface area contributed by atoms with E-state index in [9.17, 15) is 4.79 Å². The molecule has 1 saturated heterocycles. The van der Waals surface area contributed by atoms with Gasteiger partial charge in [0.1, 0.15) is 17.2 Å². The van der Waals surface area contributed by atoms with Gasteiger partial charge in [0.25, 0.3) is 0 Å². The van der Waals surface area contributed by atoms with Crippen molar-refractivity contribution in [3.63, 3.8) is 0 Å². The van der Waals surface area contributed by atoms with E-state index >= 15 is 0 Å². The first-order chi connectivity index (χ1) is 11.6. The molecule has 1 atom stereocenters. The third-order valence-electron chi connectivity index (χ3n) is 4.27. The van der Waals surface area contributed by atoms with E-state index in [-0.39, 0.29) is 18.3 Å². The van der Waals surface area contributed by atoms with Gasteiger partial charge in [0.15, 0.2) is 0 Å². The van der Waals surface area contributed by atoms with Gasteiger partial charge in [0.05, 0.1) is 40.0 Å². The smallest absolute Gasteiger partial charge is 0.234 e. The van der Waals surface area contributed by atoms with E-state index in [1.165, 1.54) is 0 Å². The number of benzene rings is 1. The number of halogens is 1. The van der Waals surface area contributed by atoms with Crippen LogP contribution in [0.1, 0.15) is 12.5 Å². The molecule has 1 heterocycles. The minimum atomic E-state index is -0.0105. The fourth-order valence-electron chi connectivity index (χ4n) is 2.80. The van der Waals surface area contributed by atoms with Crippen molar-refractivity contribution in [1.82, 2.24) is 15.5 Å². The van der Waals surface area contributed by atoms with Crippen LogP contribution in [0.2, 0.25) is 0 Å². The van der Waals surface area contributed by atoms with Crippen LogP contribution in [0, 0.1) is 0 Å². The van der Waals surface area contributed by atoms with E-state index in [1.807, 2.05) is 0 Å². The van der Waals surface area contributed by atoms with E-state index in [0.717, 1.165) is 25.2 Å². The molecule has 25 heavy (non-hydrogen) atoms. The highest BCUT2D eigenvalue weighted by Gasteiger charge is 2.21. The summed E-state index contributed by atoms with van der Waals surface area (Å²) < 4.78 is 16.0. The van der Waals surface area contributed by atoms with Gasteiger partial charge in [0, 0.05) is 37.8 Å². The predicted octanol–water partition coefficient (Wildman–Crippen LogP) is 1.04. The number of ether oxygens (including phenoxy) is 3. The van der Waals surface area contributed by atoms with Crippen molar-refractivity contribution in [2.45, 2.75) is 19.5 Å². The Kier molecular flexibility index (Phi) is 8.82. The Morgan fingerprint density at radius 1 is 1.24 bits per heavy atom. The van der Waals surface area contributed by atoms with Gasteiger partial charge in [-0.15, -0.1) is 12.4 Å². The third-order valence-corrected chi connectivity index (χ3v) is 4.27. The number of nitrogens with one attached hydrogen (secondary N) is 2. The second-order valence-electron chi connectivity index (χ2n) is 5.81. The van der Waals surface area contributed by atoms with Crippen molar-refractivity contribution in [2.24, 2.45) is 0 Å². The van der Waals surface area contributed by atoms with Crippen molar-refractivity contribution in [3.8, 4) is 17.2 Å². The lowest BCUT2D eigenvalue weighted by molar-refractivity contribution is -0.123. The molecule has 0 unspecified atom stereocenters. The summed E-state index contributed by atoms with van der Waals surface area (Å²) in [6.45, 7) is 5.56. The molecule has 1 aromatic carbocycles. The molecule has 0 saturated carbocycles. The fourth-order valence-corrected chi connectivity index (χ4v) is 2.80. The number of hydrogen-bond acceptors (Lipinski definition) is 6. The third kappa shape index (κ3) is 5.66. The topological polar surface area (TPSA) is 72.1 Å². The molecule has 8 heteroatoms. The zero-order valence-corrected chi connectivity index (χ0v) is 16.1. The lowest BCUT2D eigenvalue weighted by Gasteiger charge is -2.33. The number of carbonyl (C=O) groups excluding carboxylic acids is 1. The first kappa shape index (κ1) is 21.3. The van der Waals surface area contributed by atoms with E-state index in [4.69, 9.17) is 14.2 Å². The molecule has 1 amide bonds. The van der Waals surface area contributed by atoms with Crippen LogP contribution in [0.25, 0.3) is 0 Å². The van der Waals surface area contributed by atoms with Gasteiger partial charge >= 0.3 is 0 Å². The number of rotatable bonds is 7. The van der Waals surface area contributed by atoms with E-state index in [0.29, 0.717) is 36.4 Å². The van der Waals surface area contributed by atoms with Gasteiger partial charge in [-0.2, -0.15) is 0 Å². The summed E-state index contributed by atoms with van der Waals surface area (Å²) in [5.41, 5.74) is 0.794. The van der Waals surface area contributed by atoms with E-state index in [2.05, 4.69) is 22.5 Å². The van der Waals surface area contributed by atoms with Gasteiger partial charge in [-0.25, -0.2) is 0 Å². The maximum Gasteiger partial charge on any atom is 0.234 e. The standard InChI is InChI=1S/C17H27N3O4.ClH/c1-12-9-18-5-6-20(12)11-17(21)19-10-14-15(23-3)7-13(22-2)8-16(14)24-4;/h7-8,12,18H,5-6,9-11H2,1-4H3,(H,19,21);1H/t12-;/m0./s1. The molecule has 2 rings (SSSR count). The van der Waals surface area contributed by atoms with Gasteiger partial charge in [0.2, 0.25) is 5.91 Å². The van der Waals surface area contributed by atoms with Gasteiger partial charge in [-0.1, -0.05) is 0 Å². The summed E-state index contributed by atoms with van der Waals surface area (Å²) in [5, 5.41) is 6.27. The second kappa shape index (κ2) is 10.3. The maximum atomic E-state index is 12.3. The van der Waals surface area contributed by atoms with Crippen LogP contribution in [0.5, 0.6) is 17.2 Å². The zero-order chi connectivity index (χ0) is 17.5. The number of methoxy groups -OCH3 is 3. The molecule has 1 aliphatic heterocycles. The minimum Gasteiger partial charge on any atom is -0.496 e. The van der Waals surface area contributed by atoms with Crippen molar-refractivity contribution in [3.05, 3.63) is 17.7 Å². The van der Waals surface area contributed by atoms with Crippen LogP contribution in [-0.4, -0.2) is 64.4 Å². The molecular formula is C17H28ClN3O4. The normalized spacial score (nSPS) is 17.4. The Hall–Kier alpha value is -1.70. The molecule has 142 valence electrons. The van der Waals surface area contributed by atoms with E-state index in [1.54, 1.807) is 33.5 Å². The monoisotopic (exact) mass is 373 g/mol. The summed E-state index contributed by atoms with van der Waals surface area (Å²) >= 11 is 0. The van der Waals surface area contributed by atoms with Gasteiger partial charge in [-0.3, -0.25) is 9.69 Å². The van der Waals surface area contributed by atoms with Crippen molar-refractivity contribution in [2.75, 3.05) is 47.5 Å². The zero-order valence-electron chi connectivity index (χ0n) is 15.3. The fraction of sp³-hybridized carbons (Fsp3) is 0.588. The quantitative estimate of drug-likeness (QED) is 0.744. The number of nitrogens with zero attached hydrogens (tertiary/aromatic N) is 1. The summed E-state index contributed by atoms with van der Waals surface area (Å²) in [5.74, 6) is 1.89. The van der Waals surface area contributed by atoms with Crippen molar-refractivity contribution < 1.29 is 19.0 Å². The number of carbonyl (C=O) groups is 1. The molecule has 0 spiro atoms. The lowest BCUT2D eigenvalue weighted by atomic mass is 10.1. The van der Waals surface area contributed by atoms with Crippen LogP contribution >= 0.6 is 12.4 Å². The van der Waals surface area contributed by atoms with E-state index < -0.39 is 0 Å². The Morgan fingerprint density at radius 2 is 1.88 bits per heavy atom. The predicted molar refractivity (Wildman–Crippen MR) is 99.1 cm³/mol. The molecule has 0 bridgehead atoms. The SMILES string of the molecule is COc1cc(OC)c(CNC(=O)CN2CCNC[C@@H]2C)c(OC)c1.Cl. The van der Waals surface area contributed by atoms with Crippen LogP contribution in [0.3, 0.4) is 0 Å². The van der Waals surface area contributed by atoms with Crippen molar-refractivity contribution in [1.29, 1.82) is 0 Å². The molecule has 1 fully saturated rings. The van der Waals surface area contributed by atoms with Gasteiger partial charge < -0.3 is 24.8 Å². The molecule has 0 aliphatic carbocycles. The summed E-state index contributed by atoms with van der Waals surface area (Å²) in [6.07, 6.45) is 0. The second-order valence-corrected chi connectivity index (χ2v) is 5.81. The minimum absolute atomic E-state index is 0. The highest BCUT2D eigenvalue weighted by atomic mass is 35.5. The Bertz CT molecular complexity index is 546. The summed E-state index contributed by atoms with van der Waals surface area (Å²) in [7, 11) is 4.76. The summed E-state index contributed by atoms with van der Waals surface area (Å²) in [4.78, 5) is 14.4. The molecular weight excluding hydrogens is 346 g/mol. The highest BCUT2D eigenvalue weighted by Crippen LogP contribution is 2.33. The van der Waals surface area contributed by atoms with Crippen LogP contribution in [0.15, 0.2) is 12.1 Å². The summed E-state index contributed by atoms with van der Waals surface area (Å²) in [6, 6.07) is 3.92. The Morgan fingerprint density at radius 3 is 2.40 bits per heavy atom. The van der Waals surface area contributed by atoms with Gasteiger partial charge in [-0.05, 0) is 6.92 Å². The average Bonchev–Trinajstić information content (AvgIpc) is 2.61. The molecule has 1 aromatic rings. The first-order valence-corrected chi connectivity index (χ1v) is 8.09. The Labute approximate surface area is 155 Å². The highest BCUT2D eigenvalue weighted by molar-refractivity contribution is 5.85. The molecule has 0 aromatic heterocycles. The molecule has 1 aliphatic rings. The van der Waals surface area contributed by atoms with Crippen molar-refractivity contribution >= 4 is 18.3 Å². The number of piperazine rings is 1. The van der Waals surface area contributed by atoms with Crippen LogP contribution in [-0.2, 0) is 11.3 Å². The molecule has 7 nitrogen and oxygen atoms in total.